The molecule has 0 aliphatic carbocycles. The van der Waals surface area contributed by atoms with Crippen LogP contribution in [0.3, 0.4) is 0 Å². The van der Waals surface area contributed by atoms with Crippen molar-refractivity contribution < 1.29 is 13.6 Å². The summed E-state index contributed by atoms with van der Waals surface area (Å²) in [5.41, 5.74) is 4.38. The topological polar surface area (TPSA) is 90.9 Å². The number of carbonyl (C=O) groups is 1. The molecule has 0 aliphatic heterocycles. The minimum Gasteiger partial charge on any atom is -0.381 e. The number of carbonyl (C=O) groups excluding carboxylic acids is 1. The quantitative estimate of drug-likeness (QED) is 0.683. The van der Waals surface area contributed by atoms with Gasteiger partial charge in [0.25, 0.3) is 0 Å². The fourth-order valence-electron chi connectivity index (χ4n) is 1.16. The standard InChI is InChI=1S/C10H10F2N4O/c11-8-6(5-13)1-2-7(9(8)12)15-3-4-16-10(14)17/h1-2,15H,3-4H2,(H3,14,16,17). The van der Waals surface area contributed by atoms with Crippen LogP contribution in [0.4, 0.5) is 19.3 Å². The number of hydrogen-bond donors (Lipinski definition) is 3. The maximum atomic E-state index is 13.3. The predicted octanol–water partition coefficient (Wildman–Crippen LogP) is 0.917. The van der Waals surface area contributed by atoms with Gasteiger partial charge in [0.2, 0.25) is 0 Å². The highest BCUT2D eigenvalue weighted by atomic mass is 19.2. The number of halogens is 2. The number of anilines is 1. The number of urea groups is 1. The Morgan fingerprint density at radius 3 is 2.65 bits per heavy atom. The van der Waals surface area contributed by atoms with Gasteiger partial charge in [-0.1, -0.05) is 0 Å². The summed E-state index contributed by atoms with van der Waals surface area (Å²) in [6, 6.07) is 3.25. The number of rotatable bonds is 4. The molecule has 0 atom stereocenters. The number of nitrogens with zero attached hydrogens (tertiary/aromatic N) is 1. The Labute approximate surface area is 96.2 Å². The zero-order valence-electron chi connectivity index (χ0n) is 8.76. The number of nitriles is 1. The third-order valence-corrected chi connectivity index (χ3v) is 1.94. The van der Waals surface area contributed by atoms with Crippen molar-refractivity contribution in [2.45, 2.75) is 0 Å². The molecule has 1 rings (SSSR count). The molecule has 7 heteroatoms. The second kappa shape index (κ2) is 5.65. The van der Waals surface area contributed by atoms with E-state index in [1.54, 1.807) is 0 Å². The Bertz CT molecular complexity index is 470. The van der Waals surface area contributed by atoms with Crippen LogP contribution in [0.15, 0.2) is 12.1 Å². The Morgan fingerprint density at radius 1 is 1.35 bits per heavy atom. The van der Waals surface area contributed by atoms with Crippen molar-refractivity contribution in [3.63, 3.8) is 0 Å². The highest BCUT2D eigenvalue weighted by Crippen LogP contribution is 2.19. The van der Waals surface area contributed by atoms with E-state index in [4.69, 9.17) is 11.0 Å². The van der Waals surface area contributed by atoms with E-state index < -0.39 is 17.7 Å². The lowest BCUT2D eigenvalue weighted by Crippen LogP contribution is -2.33. The van der Waals surface area contributed by atoms with E-state index in [0.29, 0.717) is 0 Å². The van der Waals surface area contributed by atoms with E-state index in [9.17, 15) is 13.6 Å². The SMILES string of the molecule is N#Cc1ccc(NCCNC(N)=O)c(F)c1F. The molecule has 0 spiro atoms. The van der Waals surface area contributed by atoms with Crippen LogP contribution >= 0.6 is 0 Å². The maximum Gasteiger partial charge on any atom is 0.312 e. The summed E-state index contributed by atoms with van der Waals surface area (Å²) >= 11 is 0. The average molecular weight is 240 g/mol. The van der Waals surface area contributed by atoms with E-state index in [1.165, 1.54) is 18.2 Å². The smallest absolute Gasteiger partial charge is 0.312 e. The Hall–Kier alpha value is -2.36. The van der Waals surface area contributed by atoms with E-state index in [2.05, 4.69) is 10.6 Å². The van der Waals surface area contributed by atoms with Crippen LogP contribution in [0.2, 0.25) is 0 Å². The molecule has 1 aromatic carbocycles. The monoisotopic (exact) mass is 240 g/mol. The largest absolute Gasteiger partial charge is 0.381 e. The zero-order valence-corrected chi connectivity index (χ0v) is 8.76. The minimum absolute atomic E-state index is 0.0761. The van der Waals surface area contributed by atoms with Crippen LogP contribution in [0.1, 0.15) is 5.56 Å². The minimum atomic E-state index is -1.19. The summed E-state index contributed by atoms with van der Waals surface area (Å²) in [5.74, 6) is -2.32. The molecule has 0 heterocycles. The Balaban J connectivity index is 2.64. The number of primary amides is 1. The van der Waals surface area contributed by atoms with E-state index in [1.807, 2.05) is 0 Å². The van der Waals surface area contributed by atoms with Crippen molar-refractivity contribution in [3.05, 3.63) is 29.3 Å². The van der Waals surface area contributed by atoms with Gasteiger partial charge in [-0.2, -0.15) is 5.26 Å². The summed E-state index contributed by atoms with van der Waals surface area (Å²) in [6.45, 7) is 0.363. The lowest BCUT2D eigenvalue weighted by atomic mass is 10.2. The van der Waals surface area contributed by atoms with E-state index >= 15 is 0 Å². The van der Waals surface area contributed by atoms with Gasteiger partial charge in [0.05, 0.1) is 11.3 Å². The molecule has 2 amide bonds. The molecule has 0 unspecified atom stereocenters. The van der Waals surface area contributed by atoms with Gasteiger partial charge >= 0.3 is 6.03 Å². The molecular weight excluding hydrogens is 230 g/mol. The molecule has 0 aromatic heterocycles. The number of benzene rings is 1. The highest BCUT2D eigenvalue weighted by molar-refractivity contribution is 5.71. The van der Waals surface area contributed by atoms with E-state index in [-0.39, 0.29) is 24.3 Å². The van der Waals surface area contributed by atoms with Crippen molar-refractivity contribution in [1.82, 2.24) is 5.32 Å². The van der Waals surface area contributed by atoms with Gasteiger partial charge in [-0.25, -0.2) is 13.6 Å². The fraction of sp³-hybridized carbons (Fsp3) is 0.200. The summed E-state index contributed by atoms with van der Waals surface area (Å²) in [5, 5.41) is 13.3. The van der Waals surface area contributed by atoms with Crippen LogP contribution in [0.25, 0.3) is 0 Å². The molecule has 1 aromatic rings. The number of nitrogens with one attached hydrogen (secondary N) is 2. The van der Waals surface area contributed by atoms with Crippen LogP contribution in [0, 0.1) is 23.0 Å². The van der Waals surface area contributed by atoms with Crippen molar-refractivity contribution in [2.75, 3.05) is 18.4 Å². The predicted molar refractivity (Wildman–Crippen MR) is 57.1 cm³/mol. The van der Waals surface area contributed by atoms with Gasteiger partial charge < -0.3 is 16.4 Å². The van der Waals surface area contributed by atoms with Gasteiger partial charge in [0.15, 0.2) is 11.6 Å². The first-order chi connectivity index (χ1) is 8.06. The lowest BCUT2D eigenvalue weighted by Gasteiger charge is -2.08. The van der Waals surface area contributed by atoms with Crippen LogP contribution in [-0.4, -0.2) is 19.1 Å². The molecule has 0 aliphatic rings. The first-order valence-electron chi connectivity index (χ1n) is 4.71. The first kappa shape index (κ1) is 12.7. The second-order valence-corrected chi connectivity index (χ2v) is 3.12. The second-order valence-electron chi connectivity index (χ2n) is 3.12. The summed E-state index contributed by atoms with van der Waals surface area (Å²) in [6.07, 6.45) is 0. The first-order valence-corrected chi connectivity index (χ1v) is 4.71. The van der Waals surface area contributed by atoms with Crippen LogP contribution in [0.5, 0.6) is 0 Å². The van der Waals surface area contributed by atoms with Gasteiger partial charge in [-0.05, 0) is 12.1 Å². The molecule has 90 valence electrons. The Kier molecular flexibility index (Phi) is 4.22. The third kappa shape index (κ3) is 3.31. The molecule has 0 radical (unpaired) electrons. The fourth-order valence-corrected chi connectivity index (χ4v) is 1.16. The lowest BCUT2D eigenvalue weighted by molar-refractivity contribution is 0.249. The van der Waals surface area contributed by atoms with Gasteiger partial charge in [0.1, 0.15) is 6.07 Å². The van der Waals surface area contributed by atoms with Crippen LogP contribution in [-0.2, 0) is 0 Å². The average Bonchev–Trinajstić information content (AvgIpc) is 2.29. The van der Waals surface area contributed by atoms with Crippen molar-refractivity contribution in [3.8, 4) is 6.07 Å². The number of hydrogen-bond acceptors (Lipinski definition) is 3. The highest BCUT2D eigenvalue weighted by Gasteiger charge is 2.12. The molecule has 4 N–H and O–H groups in total. The maximum absolute atomic E-state index is 13.3. The molecule has 0 saturated carbocycles. The van der Waals surface area contributed by atoms with Crippen molar-refractivity contribution >= 4 is 11.7 Å². The molecule has 0 saturated heterocycles. The summed E-state index contributed by atoms with van der Waals surface area (Å²) in [4.78, 5) is 10.3. The van der Waals surface area contributed by atoms with E-state index in [0.717, 1.165) is 0 Å². The van der Waals surface area contributed by atoms with Crippen molar-refractivity contribution in [2.24, 2.45) is 5.73 Å². The molecule has 17 heavy (non-hydrogen) atoms. The number of amides is 2. The molecular formula is C10H10F2N4O. The van der Waals surface area contributed by atoms with Gasteiger partial charge in [0, 0.05) is 13.1 Å². The summed E-state index contributed by atoms with van der Waals surface area (Å²) in [7, 11) is 0. The van der Waals surface area contributed by atoms with Gasteiger partial charge in [-0.15, -0.1) is 0 Å². The third-order valence-electron chi connectivity index (χ3n) is 1.94. The molecule has 5 nitrogen and oxygen atoms in total. The molecule has 0 fully saturated rings. The van der Waals surface area contributed by atoms with Crippen molar-refractivity contribution in [1.29, 1.82) is 5.26 Å². The van der Waals surface area contributed by atoms with Gasteiger partial charge in [-0.3, -0.25) is 0 Å². The summed E-state index contributed by atoms with van der Waals surface area (Å²) < 4.78 is 26.5. The number of nitrogens with two attached hydrogens (primary N) is 1. The Morgan fingerprint density at radius 2 is 2.06 bits per heavy atom. The van der Waals surface area contributed by atoms with Crippen LogP contribution < -0.4 is 16.4 Å². The zero-order chi connectivity index (χ0) is 12.8. The molecule has 0 bridgehead atoms. The normalized spacial score (nSPS) is 9.47.